The Kier molecular flexibility index (Phi) is 6.57. The lowest BCUT2D eigenvalue weighted by Gasteiger charge is -2.55. The Morgan fingerprint density at radius 3 is 2.59 bits per heavy atom. The molecule has 1 fully saturated rings. The zero-order valence-corrected chi connectivity index (χ0v) is 18.7. The van der Waals surface area contributed by atoms with Crippen LogP contribution in [0.3, 0.4) is 0 Å². The van der Waals surface area contributed by atoms with E-state index in [1.54, 1.807) is 0 Å². The maximum absolute atomic E-state index is 12.1. The second-order valence-corrected chi connectivity index (χ2v) is 8.97. The molecule has 1 N–H and O–H groups in total. The zero-order valence-electron chi connectivity index (χ0n) is 18.7. The van der Waals surface area contributed by atoms with Gasteiger partial charge in [0.2, 0.25) is 0 Å². The van der Waals surface area contributed by atoms with Gasteiger partial charge in [0.1, 0.15) is 6.61 Å². The summed E-state index contributed by atoms with van der Waals surface area (Å²) in [5, 5.41) is 2.81. The summed E-state index contributed by atoms with van der Waals surface area (Å²) >= 11 is 0. The van der Waals surface area contributed by atoms with Gasteiger partial charge in [0.15, 0.2) is 0 Å². The number of rotatable bonds is 6. The molecular formula is C24H36N2O3. The van der Waals surface area contributed by atoms with E-state index in [0.717, 1.165) is 6.42 Å². The molecular weight excluding hydrogens is 364 g/mol. The first-order chi connectivity index (χ1) is 13.8. The molecule has 1 aromatic rings. The highest BCUT2D eigenvalue weighted by atomic mass is 16.6. The number of fused-ring (bicyclic) bond motifs is 2. The van der Waals surface area contributed by atoms with Crippen LogP contribution >= 0.6 is 0 Å². The number of benzene rings is 1. The van der Waals surface area contributed by atoms with Crippen molar-refractivity contribution in [2.24, 2.45) is 23.2 Å². The topological polar surface area (TPSA) is 50.8 Å². The average Bonchev–Trinajstić information content (AvgIpc) is 2.70. The summed E-state index contributed by atoms with van der Waals surface area (Å²) in [4.78, 5) is 14.2. The fourth-order valence-corrected chi connectivity index (χ4v) is 5.00. The first-order valence-corrected chi connectivity index (χ1v) is 10.8. The van der Waals surface area contributed by atoms with Crippen LogP contribution in [0.25, 0.3) is 0 Å². The monoisotopic (exact) mass is 400 g/mol. The van der Waals surface area contributed by atoms with Gasteiger partial charge in [-0.2, -0.15) is 0 Å². The van der Waals surface area contributed by atoms with Crippen molar-refractivity contribution >= 4 is 11.8 Å². The number of carbonyl (C=O) groups is 1. The van der Waals surface area contributed by atoms with Gasteiger partial charge in [-0.1, -0.05) is 44.6 Å². The summed E-state index contributed by atoms with van der Waals surface area (Å²) in [5.41, 5.74) is 3.58. The van der Waals surface area contributed by atoms with Gasteiger partial charge < -0.3 is 19.7 Å². The second-order valence-electron chi connectivity index (χ2n) is 8.97. The zero-order chi connectivity index (χ0) is 21.2. The minimum Gasteiger partial charge on any atom is -0.449 e. The Bertz CT molecular complexity index is 743. The molecule has 160 valence electrons. The quantitative estimate of drug-likeness (QED) is 0.697. The molecule has 3 unspecified atom stereocenters. The number of hydrogen-bond donors (Lipinski definition) is 1. The maximum Gasteiger partial charge on any atom is 0.407 e. The van der Waals surface area contributed by atoms with Gasteiger partial charge in [-0.3, -0.25) is 0 Å². The van der Waals surface area contributed by atoms with Gasteiger partial charge in [-0.25, -0.2) is 4.79 Å². The number of alkyl carbamates (subject to hydrolysis) is 1. The summed E-state index contributed by atoms with van der Waals surface area (Å²) in [7, 11) is 4.10. The van der Waals surface area contributed by atoms with E-state index in [1.807, 2.05) is 6.92 Å². The van der Waals surface area contributed by atoms with Crippen molar-refractivity contribution in [2.75, 3.05) is 38.8 Å². The minimum absolute atomic E-state index is 0.0343. The largest absolute Gasteiger partial charge is 0.449 e. The number of ether oxygens (including phenoxy) is 2. The molecule has 0 aromatic heterocycles. The molecule has 3 rings (SSSR count). The number of hydrogen-bond acceptors (Lipinski definition) is 4. The predicted octanol–water partition coefficient (Wildman–Crippen LogP) is 4.79. The number of allylic oxidation sites excluding steroid dienone is 1. The highest BCUT2D eigenvalue weighted by Crippen LogP contribution is 2.56. The molecule has 1 aromatic carbocycles. The van der Waals surface area contributed by atoms with Crippen LogP contribution in [0.15, 0.2) is 35.9 Å². The van der Waals surface area contributed by atoms with Gasteiger partial charge in [0, 0.05) is 37.7 Å². The molecule has 5 heteroatoms. The average molecular weight is 401 g/mol. The molecule has 5 atom stereocenters. The van der Waals surface area contributed by atoms with E-state index >= 15 is 0 Å². The molecule has 0 spiro atoms. The molecule has 1 saturated heterocycles. The Morgan fingerprint density at radius 1 is 1.28 bits per heavy atom. The van der Waals surface area contributed by atoms with E-state index in [0.29, 0.717) is 31.6 Å². The van der Waals surface area contributed by atoms with Crippen molar-refractivity contribution in [3.05, 3.63) is 41.5 Å². The number of nitrogens with one attached hydrogen (secondary N) is 1. The lowest BCUT2D eigenvalue weighted by Crippen LogP contribution is -2.54. The Balaban J connectivity index is 1.81. The summed E-state index contributed by atoms with van der Waals surface area (Å²) in [6, 6.07) is 8.66. The van der Waals surface area contributed by atoms with Crippen LogP contribution in [0.4, 0.5) is 10.5 Å². The van der Waals surface area contributed by atoms with Crippen molar-refractivity contribution < 1.29 is 14.3 Å². The van der Waals surface area contributed by atoms with Gasteiger partial charge in [-0.05, 0) is 42.9 Å². The van der Waals surface area contributed by atoms with Crippen molar-refractivity contribution in [2.45, 2.75) is 40.2 Å². The van der Waals surface area contributed by atoms with E-state index in [9.17, 15) is 4.79 Å². The van der Waals surface area contributed by atoms with E-state index < -0.39 is 0 Å². The molecule has 1 amide bonds. The van der Waals surface area contributed by atoms with Crippen molar-refractivity contribution in [3.63, 3.8) is 0 Å². The summed E-state index contributed by atoms with van der Waals surface area (Å²) in [5.74, 6) is 0.936. The third-order valence-electron chi connectivity index (χ3n) is 6.98. The van der Waals surface area contributed by atoms with Crippen LogP contribution in [0.1, 0.15) is 45.8 Å². The van der Waals surface area contributed by atoms with E-state index in [1.165, 1.54) is 16.8 Å². The van der Waals surface area contributed by atoms with Crippen molar-refractivity contribution in [1.82, 2.24) is 5.32 Å². The number of nitrogens with zero attached hydrogens (tertiary/aromatic N) is 1. The van der Waals surface area contributed by atoms with Crippen molar-refractivity contribution in [3.8, 4) is 0 Å². The first kappa shape index (κ1) is 21.7. The Labute approximate surface area is 175 Å². The number of anilines is 1. The lowest BCUT2D eigenvalue weighted by molar-refractivity contribution is -0.165. The molecule has 2 bridgehead atoms. The second kappa shape index (κ2) is 8.78. The minimum atomic E-state index is -0.329. The van der Waals surface area contributed by atoms with Crippen LogP contribution in [0.5, 0.6) is 0 Å². The Morgan fingerprint density at radius 2 is 1.97 bits per heavy atom. The van der Waals surface area contributed by atoms with Crippen LogP contribution in [-0.4, -0.2) is 39.9 Å². The standard InChI is InChI=1S/C24H36N2O3/c1-7-12-25-23(27)29-15-24-14-28-22(19-8-10-20(11-9-19)26(5)6)21(18(24)4)16(2)13-17(24)3/h8-11,13,17-18,21-22H,7,12,14-15H2,1-6H3,(H,25,27)/t17?,18-,21?,22?,24-/m1/s1. The van der Waals surface area contributed by atoms with Crippen LogP contribution < -0.4 is 10.2 Å². The SMILES string of the molecule is CCCNC(=O)OC[C@]12COC(c3ccc(N(C)C)cc3)C(C(C)=CC1C)[C@H]2C. The van der Waals surface area contributed by atoms with Crippen LogP contribution in [0.2, 0.25) is 0 Å². The summed E-state index contributed by atoms with van der Waals surface area (Å²) in [6.07, 6.45) is 2.97. The predicted molar refractivity (Wildman–Crippen MR) is 117 cm³/mol. The van der Waals surface area contributed by atoms with Crippen LogP contribution in [-0.2, 0) is 9.47 Å². The highest BCUT2D eigenvalue weighted by Gasteiger charge is 2.54. The third-order valence-corrected chi connectivity index (χ3v) is 6.98. The maximum atomic E-state index is 12.1. The fraction of sp³-hybridized carbons (Fsp3) is 0.625. The molecule has 0 saturated carbocycles. The smallest absolute Gasteiger partial charge is 0.407 e. The van der Waals surface area contributed by atoms with Gasteiger partial charge >= 0.3 is 6.09 Å². The normalized spacial score (nSPS) is 31.0. The molecule has 1 heterocycles. The van der Waals surface area contributed by atoms with E-state index in [-0.39, 0.29) is 23.5 Å². The van der Waals surface area contributed by atoms with Crippen LogP contribution in [0, 0.1) is 23.2 Å². The van der Waals surface area contributed by atoms with Crippen molar-refractivity contribution in [1.29, 1.82) is 0 Å². The van der Waals surface area contributed by atoms with E-state index in [2.05, 4.69) is 75.4 Å². The molecule has 0 radical (unpaired) electrons. The molecule has 2 aliphatic rings. The summed E-state index contributed by atoms with van der Waals surface area (Å²) < 4.78 is 12.1. The lowest BCUT2D eigenvalue weighted by atomic mass is 9.56. The third kappa shape index (κ3) is 4.16. The number of carbonyl (C=O) groups excluding carboxylic acids is 1. The Hall–Kier alpha value is -2.01. The van der Waals surface area contributed by atoms with Gasteiger partial charge in [0.05, 0.1) is 12.7 Å². The highest BCUT2D eigenvalue weighted by molar-refractivity contribution is 5.67. The molecule has 29 heavy (non-hydrogen) atoms. The van der Waals surface area contributed by atoms with Gasteiger partial charge in [-0.15, -0.1) is 0 Å². The molecule has 1 aliphatic heterocycles. The first-order valence-electron chi connectivity index (χ1n) is 10.8. The van der Waals surface area contributed by atoms with Gasteiger partial charge in [0.25, 0.3) is 0 Å². The fourth-order valence-electron chi connectivity index (χ4n) is 5.00. The summed E-state index contributed by atoms with van der Waals surface area (Å²) in [6.45, 7) is 10.4. The van der Waals surface area contributed by atoms with E-state index in [4.69, 9.17) is 9.47 Å². The number of amides is 1. The molecule has 1 aliphatic carbocycles. The molecule has 5 nitrogen and oxygen atoms in total.